The molecule has 0 aliphatic heterocycles. The topological polar surface area (TPSA) is 21.4 Å². The van der Waals surface area contributed by atoms with Crippen LogP contribution in [0.15, 0.2) is 18.2 Å². The average Bonchev–Trinajstić information content (AvgIpc) is 2.27. The quantitative estimate of drug-likeness (QED) is 0.540. The molecule has 0 heterocycles. The van der Waals surface area contributed by atoms with Crippen molar-refractivity contribution in [1.29, 1.82) is 0 Å². The molecule has 1 rings (SSSR count). The number of carbonyl (C=O) groups is 1. The molecule has 0 spiro atoms. The van der Waals surface area contributed by atoms with Crippen LogP contribution in [0.2, 0.25) is 0 Å². The van der Waals surface area contributed by atoms with E-state index in [1.165, 1.54) is 0 Å². The van der Waals surface area contributed by atoms with Crippen LogP contribution in [0.1, 0.15) is 36.7 Å². The number of Topliss-reactive ketones (excluding diaryl/α,β-unsaturated/α-hetero) is 1. The van der Waals surface area contributed by atoms with Gasteiger partial charge in [-0.1, -0.05) is 39.0 Å². The molecule has 0 N–H and O–H groups in total. The zero-order valence-corrected chi connectivity index (χ0v) is 9.37. The van der Waals surface area contributed by atoms with Crippen molar-refractivity contribution in [3.63, 3.8) is 0 Å². The second-order valence-electron chi connectivity index (χ2n) is 3.83. The van der Waals surface area contributed by atoms with E-state index in [0.29, 0.717) is 5.69 Å². The Hall–Kier alpha value is -1.62. The molecule has 0 aliphatic carbocycles. The lowest BCUT2D eigenvalue weighted by molar-refractivity contribution is 0.0938. The summed E-state index contributed by atoms with van der Waals surface area (Å²) in [4.78, 5) is 15.2. The number of nitrogens with zero attached hydrogens (tertiary/aromatic N) is 1. The first-order valence-electron chi connectivity index (χ1n) is 5.14. The summed E-state index contributed by atoms with van der Waals surface area (Å²) in [5.74, 6) is 0.164. The third-order valence-electron chi connectivity index (χ3n) is 2.39. The van der Waals surface area contributed by atoms with Gasteiger partial charge in [-0.15, -0.1) is 0 Å². The van der Waals surface area contributed by atoms with Gasteiger partial charge in [0.05, 0.1) is 6.57 Å². The number of aryl methyl sites for hydroxylation is 1. The molecule has 0 saturated carbocycles. The number of ketones is 1. The fourth-order valence-corrected chi connectivity index (χ4v) is 1.49. The van der Waals surface area contributed by atoms with Gasteiger partial charge >= 0.3 is 0 Å². The van der Waals surface area contributed by atoms with Gasteiger partial charge < -0.3 is 0 Å². The Morgan fingerprint density at radius 3 is 2.60 bits per heavy atom. The molecule has 78 valence electrons. The molecule has 0 atom stereocenters. The molecule has 0 aromatic heterocycles. The molecule has 0 fully saturated rings. The fourth-order valence-electron chi connectivity index (χ4n) is 1.49. The lowest BCUT2D eigenvalue weighted by atomic mass is 9.95. The van der Waals surface area contributed by atoms with Crippen molar-refractivity contribution in [2.45, 2.75) is 27.2 Å². The maximum absolute atomic E-state index is 11.8. The van der Waals surface area contributed by atoms with Crippen LogP contribution in [0.3, 0.4) is 0 Å². The number of carbonyl (C=O) groups excluding carboxylic acids is 1. The van der Waals surface area contributed by atoms with Crippen molar-refractivity contribution in [1.82, 2.24) is 0 Å². The molecule has 2 nitrogen and oxygen atoms in total. The van der Waals surface area contributed by atoms with Crippen LogP contribution in [-0.4, -0.2) is 5.78 Å². The van der Waals surface area contributed by atoms with Crippen LogP contribution < -0.4 is 0 Å². The summed E-state index contributed by atoms with van der Waals surface area (Å²) in [5.41, 5.74) is 2.34. The molecule has 0 aliphatic rings. The van der Waals surface area contributed by atoms with Crippen LogP contribution in [0.5, 0.6) is 0 Å². The lowest BCUT2D eigenvalue weighted by Crippen LogP contribution is -2.09. The highest BCUT2D eigenvalue weighted by Gasteiger charge is 2.13. The number of rotatable bonds is 3. The monoisotopic (exact) mass is 201 g/mol. The van der Waals surface area contributed by atoms with Crippen molar-refractivity contribution < 1.29 is 4.79 Å². The van der Waals surface area contributed by atoms with Gasteiger partial charge in [0.15, 0.2) is 11.5 Å². The first-order chi connectivity index (χ1) is 7.10. The number of hydrogen-bond acceptors (Lipinski definition) is 1. The minimum Gasteiger partial charge on any atom is -0.294 e. The summed E-state index contributed by atoms with van der Waals surface area (Å²) < 4.78 is 0. The largest absolute Gasteiger partial charge is 0.294 e. The van der Waals surface area contributed by atoms with Gasteiger partial charge in [0.25, 0.3) is 0 Å². The molecule has 2 heteroatoms. The van der Waals surface area contributed by atoms with Gasteiger partial charge in [-0.05, 0) is 12.0 Å². The smallest absolute Gasteiger partial charge is 0.187 e. The third kappa shape index (κ3) is 2.44. The fraction of sp³-hybridized carbons (Fsp3) is 0.385. The Morgan fingerprint density at radius 2 is 2.13 bits per heavy atom. The van der Waals surface area contributed by atoms with Crippen molar-refractivity contribution in [2.24, 2.45) is 5.92 Å². The maximum atomic E-state index is 11.8. The Labute approximate surface area is 90.8 Å². The predicted molar refractivity (Wildman–Crippen MR) is 61.3 cm³/mol. The molecule has 0 amide bonds. The van der Waals surface area contributed by atoms with Gasteiger partial charge in [-0.25, -0.2) is 4.85 Å². The van der Waals surface area contributed by atoms with Crippen LogP contribution in [0, 0.1) is 12.5 Å². The van der Waals surface area contributed by atoms with E-state index in [2.05, 4.69) is 4.85 Å². The number of hydrogen-bond donors (Lipinski definition) is 0. The Morgan fingerprint density at radius 1 is 1.47 bits per heavy atom. The molecule has 1 aromatic carbocycles. The normalized spacial score (nSPS) is 10.1. The van der Waals surface area contributed by atoms with Crippen molar-refractivity contribution in [2.75, 3.05) is 0 Å². The molecular formula is C13H15NO. The van der Waals surface area contributed by atoms with E-state index >= 15 is 0 Å². The van der Waals surface area contributed by atoms with E-state index in [1.54, 1.807) is 12.1 Å². The van der Waals surface area contributed by atoms with Crippen LogP contribution in [0.4, 0.5) is 5.69 Å². The third-order valence-corrected chi connectivity index (χ3v) is 2.39. The average molecular weight is 201 g/mol. The van der Waals surface area contributed by atoms with Crippen LogP contribution in [-0.2, 0) is 6.42 Å². The first-order valence-corrected chi connectivity index (χ1v) is 5.14. The summed E-state index contributed by atoms with van der Waals surface area (Å²) in [6.07, 6.45) is 0.789. The van der Waals surface area contributed by atoms with Gasteiger partial charge in [0.1, 0.15) is 0 Å². The van der Waals surface area contributed by atoms with Crippen LogP contribution in [0.25, 0.3) is 4.85 Å². The summed E-state index contributed by atoms with van der Waals surface area (Å²) in [6, 6.07) is 5.29. The van der Waals surface area contributed by atoms with Gasteiger partial charge in [0.2, 0.25) is 0 Å². The highest BCUT2D eigenvalue weighted by Crippen LogP contribution is 2.21. The van der Waals surface area contributed by atoms with E-state index in [9.17, 15) is 4.79 Å². The van der Waals surface area contributed by atoms with Crippen LogP contribution >= 0.6 is 0 Å². The van der Waals surface area contributed by atoms with E-state index in [4.69, 9.17) is 6.57 Å². The molecule has 0 saturated heterocycles. The molecule has 0 unspecified atom stereocenters. The Bertz CT molecular complexity index is 413. The second kappa shape index (κ2) is 4.75. The van der Waals surface area contributed by atoms with Gasteiger partial charge in [-0.2, -0.15) is 0 Å². The zero-order valence-electron chi connectivity index (χ0n) is 9.37. The minimum absolute atomic E-state index is 0.00842. The molecule has 0 bridgehead atoms. The Balaban J connectivity index is 3.20. The second-order valence-corrected chi connectivity index (χ2v) is 3.83. The van der Waals surface area contributed by atoms with Crippen molar-refractivity contribution in [3.8, 4) is 0 Å². The van der Waals surface area contributed by atoms with E-state index < -0.39 is 0 Å². The summed E-state index contributed by atoms with van der Waals surface area (Å²) in [6.45, 7) is 12.7. The van der Waals surface area contributed by atoms with Crippen molar-refractivity contribution in [3.05, 3.63) is 40.7 Å². The summed E-state index contributed by atoms with van der Waals surface area (Å²) >= 11 is 0. The highest BCUT2D eigenvalue weighted by molar-refractivity contribution is 5.99. The first kappa shape index (κ1) is 11.5. The van der Waals surface area contributed by atoms with Crippen molar-refractivity contribution >= 4 is 11.5 Å². The minimum atomic E-state index is 0.00842. The van der Waals surface area contributed by atoms with Gasteiger partial charge in [-0.3, -0.25) is 4.79 Å². The summed E-state index contributed by atoms with van der Waals surface area (Å²) in [5, 5.41) is 0. The molecule has 0 radical (unpaired) electrons. The zero-order chi connectivity index (χ0) is 11.4. The van der Waals surface area contributed by atoms with E-state index in [1.807, 2.05) is 26.8 Å². The predicted octanol–water partition coefficient (Wildman–Crippen LogP) is 3.64. The van der Waals surface area contributed by atoms with E-state index in [0.717, 1.165) is 17.5 Å². The van der Waals surface area contributed by atoms with Gasteiger partial charge in [0, 0.05) is 11.5 Å². The summed E-state index contributed by atoms with van der Waals surface area (Å²) in [7, 11) is 0. The van der Waals surface area contributed by atoms with E-state index in [-0.39, 0.29) is 11.7 Å². The maximum Gasteiger partial charge on any atom is 0.187 e. The highest BCUT2D eigenvalue weighted by atomic mass is 16.1. The Kier molecular flexibility index (Phi) is 3.62. The SMILES string of the molecule is [C-]#[N+]c1ccc(C(=O)C(C)C)c(CC)c1. The standard InChI is InChI=1S/C13H15NO/c1-5-10-8-11(14-4)6-7-12(10)13(15)9(2)3/h6-9H,5H2,1-3H3. The number of benzene rings is 1. The lowest BCUT2D eigenvalue weighted by Gasteiger charge is -2.09. The molecular weight excluding hydrogens is 186 g/mol. The molecule has 1 aromatic rings. The molecule has 15 heavy (non-hydrogen) atoms.